The van der Waals surface area contributed by atoms with Gasteiger partial charge < -0.3 is 4.90 Å². The molecule has 5 rings (SSSR count). The Morgan fingerprint density at radius 2 is 1.52 bits per heavy atom. The van der Waals surface area contributed by atoms with Crippen LogP contribution < -0.4 is 0 Å². The molecule has 0 N–H and O–H groups in total. The first-order valence-electron chi connectivity index (χ1n) is 8.52. The Bertz CT molecular complexity index is 1130. The highest BCUT2D eigenvalue weighted by Crippen LogP contribution is 2.42. The summed E-state index contributed by atoms with van der Waals surface area (Å²) in [6.07, 6.45) is 0. The third kappa shape index (κ3) is 1.94. The van der Waals surface area contributed by atoms with Crippen LogP contribution in [0.3, 0.4) is 0 Å². The molecule has 0 spiro atoms. The van der Waals surface area contributed by atoms with Crippen LogP contribution in [0.25, 0.3) is 21.5 Å². The van der Waals surface area contributed by atoms with E-state index < -0.39 is 0 Å². The molecule has 1 unspecified atom stereocenters. The smallest absolute Gasteiger partial charge is 0.255 e. The summed E-state index contributed by atoms with van der Waals surface area (Å²) >= 11 is 0. The molecule has 1 amide bonds. The van der Waals surface area contributed by atoms with Crippen molar-refractivity contribution in [1.29, 1.82) is 0 Å². The molecule has 2 nitrogen and oxygen atoms in total. The monoisotopic (exact) mass is 323 g/mol. The van der Waals surface area contributed by atoms with Gasteiger partial charge in [0.05, 0.1) is 11.6 Å². The SMILES string of the molecule is CN1C(=O)c2c3ccccc3cc3cccc(c23)C1c1ccccc1. The quantitative estimate of drug-likeness (QED) is 0.443. The van der Waals surface area contributed by atoms with Gasteiger partial charge in [-0.3, -0.25) is 4.79 Å². The van der Waals surface area contributed by atoms with Gasteiger partial charge in [0.1, 0.15) is 0 Å². The fourth-order valence-electron chi connectivity index (χ4n) is 4.14. The topological polar surface area (TPSA) is 20.3 Å². The summed E-state index contributed by atoms with van der Waals surface area (Å²) in [6, 6.07) is 26.9. The zero-order valence-electron chi connectivity index (χ0n) is 13.9. The van der Waals surface area contributed by atoms with Gasteiger partial charge in [-0.15, -0.1) is 0 Å². The van der Waals surface area contributed by atoms with Crippen molar-refractivity contribution in [3.05, 3.63) is 95.6 Å². The Hall–Kier alpha value is -3.13. The van der Waals surface area contributed by atoms with Crippen LogP contribution >= 0.6 is 0 Å². The summed E-state index contributed by atoms with van der Waals surface area (Å²) in [6.45, 7) is 0. The Morgan fingerprint density at radius 1 is 0.800 bits per heavy atom. The van der Waals surface area contributed by atoms with Crippen molar-refractivity contribution in [3.8, 4) is 0 Å². The molecule has 0 saturated carbocycles. The average molecular weight is 323 g/mol. The van der Waals surface area contributed by atoms with Gasteiger partial charge in [0.15, 0.2) is 0 Å². The number of hydrogen-bond donors (Lipinski definition) is 0. The number of carbonyl (C=O) groups excluding carboxylic acids is 1. The molecule has 0 bridgehead atoms. The summed E-state index contributed by atoms with van der Waals surface area (Å²) in [5.74, 6) is 0.0920. The van der Waals surface area contributed by atoms with Gasteiger partial charge in [-0.25, -0.2) is 0 Å². The molecule has 0 aromatic heterocycles. The second-order valence-electron chi connectivity index (χ2n) is 6.65. The van der Waals surface area contributed by atoms with Crippen molar-refractivity contribution in [2.75, 3.05) is 7.05 Å². The average Bonchev–Trinajstić information content (AvgIpc) is 2.66. The molecule has 1 atom stereocenters. The van der Waals surface area contributed by atoms with Crippen molar-refractivity contribution in [2.45, 2.75) is 6.04 Å². The first-order valence-corrected chi connectivity index (χ1v) is 8.52. The number of amides is 1. The van der Waals surface area contributed by atoms with Crippen LogP contribution in [0.15, 0.2) is 78.9 Å². The molecule has 0 fully saturated rings. The Balaban J connectivity index is 1.94. The molecule has 0 saturated heterocycles. The van der Waals surface area contributed by atoms with Crippen LogP contribution in [0, 0.1) is 0 Å². The van der Waals surface area contributed by atoms with E-state index >= 15 is 0 Å². The van der Waals surface area contributed by atoms with Crippen molar-refractivity contribution < 1.29 is 4.79 Å². The van der Waals surface area contributed by atoms with E-state index in [4.69, 9.17) is 0 Å². The van der Waals surface area contributed by atoms with E-state index in [1.807, 2.05) is 42.3 Å². The Morgan fingerprint density at radius 3 is 2.36 bits per heavy atom. The zero-order valence-corrected chi connectivity index (χ0v) is 13.9. The van der Waals surface area contributed by atoms with Crippen LogP contribution in [0.1, 0.15) is 27.5 Å². The fraction of sp³-hybridized carbons (Fsp3) is 0.0870. The highest BCUT2D eigenvalue weighted by atomic mass is 16.2. The minimum atomic E-state index is -0.0499. The second kappa shape index (κ2) is 5.18. The summed E-state index contributed by atoms with van der Waals surface area (Å²) in [5.41, 5.74) is 3.18. The van der Waals surface area contributed by atoms with E-state index in [2.05, 4.69) is 48.5 Å². The van der Waals surface area contributed by atoms with Crippen molar-refractivity contribution >= 4 is 27.5 Å². The summed E-state index contributed by atoms with van der Waals surface area (Å²) in [5, 5.41) is 4.37. The zero-order chi connectivity index (χ0) is 17.0. The van der Waals surface area contributed by atoms with E-state index in [-0.39, 0.29) is 11.9 Å². The first-order chi connectivity index (χ1) is 12.3. The first kappa shape index (κ1) is 14.2. The van der Waals surface area contributed by atoms with Gasteiger partial charge in [-0.1, -0.05) is 72.8 Å². The minimum Gasteiger partial charge on any atom is -0.331 e. The number of carbonyl (C=O) groups is 1. The van der Waals surface area contributed by atoms with Crippen LogP contribution in [0.5, 0.6) is 0 Å². The van der Waals surface area contributed by atoms with E-state index in [1.165, 1.54) is 5.56 Å². The van der Waals surface area contributed by atoms with Crippen LogP contribution in [-0.4, -0.2) is 17.9 Å². The van der Waals surface area contributed by atoms with Crippen molar-refractivity contribution in [3.63, 3.8) is 0 Å². The van der Waals surface area contributed by atoms with E-state index in [0.29, 0.717) is 0 Å². The summed E-state index contributed by atoms with van der Waals surface area (Å²) in [7, 11) is 1.91. The van der Waals surface area contributed by atoms with E-state index in [1.54, 1.807) is 0 Å². The Labute approximate surface area is 146 Å². The number of rotatable bonds is 1. The maximum absolute atomic E-state index is 13.3. The standard InChI is InChI=1S/C23H17NO/c1-24-22(15-8-3-2-4-9-15)19-13-7-11-17-14-16-10-5-6-12-18(16)21(20(17)19)23(24)25/h2-14,22H,1H3. The molecule has 1 aliphatic rings. The van der Waals surface area contributed by atoms with Crippen molar-refractivity contribution in [1.82, 2.24) is 4.90 Å². The van der Waals surface area contributed by atoms with Gasteiger partial charge in [-0.2, -0.15) is 0 Å². The van der Waals surface area contributed by atoms with Gasteiger partial charge >= 0.3 is 0 Å². The molecule has 1 heterocycles. The summed E-state index contributed by atoms with van der Waals surface area (Å²) in [4.78, 5) is 15.2. The highest BCUT2D eigenvalue weighted by molar-refractivity contribution is 6.20. The molecule has 2 heteroatoms. The predicted octanol–water partition coefficient (Wildman–Crippen LogP) is 5.17. The lowest BCUT2D eigenvalue weighted by atomic mass is 9.84. The lowest BCUT2D eigenvalue weighted by Gasteiger charge is -2.35. The maximum atomic E-state index is 13.3. The number of benzene rings is 4. The lowest BCUT2D eigenvalue weighted by molar-refractivity contribution is 0.0751. The fourth-order valence-corrected chi connectivity index (χ4v) is 4.14. The third-order valence-electron chi connectivity index (χ3n) is 5.25. The molecule has 1 aliphatic heterocycles. The van der Waals surface area contributed by atoms with Gasteiger partial charge in [0.2, 0.25) is 0 Å². The molecule has 0 radical (unpaired) electrons. The van der Waals surface area contributed by atoms with Crippen LogP contribution in [0.4, 0.5) is 0 Å². The number of fused-ring (bicyclic) bond motifs is 2. The predicted molar refractivity (Wildman–Crippen MR) is 102 cm³/mol. The normalized spacial score (nSPS) is 16.6. The van der Waals surface area contributed by atoms with Gasteiger partial charge in [-0.05, 0) is 33.4 Å². The van der Waals surface area contributed by atoms with Crippen molar-refractivity contribution in [2.24, 2.45) is 0 Å². The largest absolute Gasteiger partial charge is 0.331 e. The van der Waals surface area contributed by atoms with E-state index in [0.717, 1.165) is 32.7 Å². The highest BCUT2D eigenvalue weighted by Gasteiger charge is 2.33. The van der Waals surface area contributed by atoms with Gasteiger partial charge in [0.25, 0.3) is 5.91 Å². The molecular formula is C23H17NO. The minimum absolute atomic E-state index is 0.0499. The molecular weight excluding hydrogens is 306 g/mol. The Kier molecular flexibility index (Phi) is 2.95. The molecule has 25 heavy (non-hydrogen) atoms. The molecule has 4 aromatic rings. The maximum Gasteiger partial charge on any atom is 0.255 e. The van der Waals surface area contributed by atoms with Crippen LogP contribution in [-0.2, 0) is 0 Å². The summed E-state index contributed by atoms with van der Waals surface area (Å²) < 4.78 is 0. The van der Waals surface area contributed by atoms with E-state index in [9.17, 15) is 4.79 Å². The molecule has 4 aromatic carbocycles. The number of hydrogen-bond acceptors (Lipinski definition) is 1. The van der Waals surface area contributed by atoms with Crippen LogP contribution in [0.2, 0.25) is 0 Å². The molecule has 0 aliphatic carbocycles. The second-order valence-corrected chi connectivity index (χ2v) is 6.65. The third-order valence-corrected chi connectivity index (χ3v) is 5.25. The number of nitrogens with zero attached hydrogens (tertiary/aromatic N) is 1. The molecule has 120 valence electrons. The lowest BCUT2D eigenvalue weighted by Crippen LogP contribution is -2.35. The van der Waals surface area contributed by atoms with Gasteiger partial charge in [0, 0.05) is 12.4 Å².